The van der Waals surface area contributed by atoms with Crippen LogP contribution in [-0.4, -0.2) is 25.5 Å². The van der Waals surface area contributed by atoms with Gasteiger partial charge in [-0.15, -0.1) is 5.10 Å². The minimum absolute atomic E-state index is 0.213. The van der Waals surface area contributed by atoms with Crippen LogP contribution in [-0.2, 0) is 6.54 Å². The van der Waals surface area contributed by atoms with E-state index in [-0.39, 0.29) is 5.91 Å². The molecule has 8 nitrogen and oxygen atoms in total. The normalized spacial score (nSPS) is 10.8. The summed E-state index contributed by atoms with van der Waals surface area (Å²) in [5.74, 6) is 0.286. The van der Waals surface area contributed by atoms with Crippen molar-refractivity contribution in [2.75, 3.05) is 16.4 Å². The van der Waals surface area contributed by atoms with E-state index in [1.54, 1.807) is 41.2 Å². The zero-order valence-electron chi connectivity index (χ0n) is 17.6. The molecule has 1 amide bonds. The Morgan fingerprint density at radius 1 is 0.970 bits per heavy atom. The maximum absolute atomic E-state index is 12.5. The zero-order chi connectivity index (χ0) is 22.6. The SMILES string of the molecule is Nc1ccccc1NC(=O)c1ccc(CNc2nc(-c3cccnc3)c3cccn3n2)cc1. The summed E-state index contributed by atoms with van der Waals surface area (Å²) in [6, 6.07) is 22.3. The number of fused-ring (bicyclic) bond motifs is 1. The van der Waals surface area contributed by atoms with Crippen LogP contribution in [0.2, 0.25) is 0 Å². The van der Waals surface area contributed by atoms with Crippen LogP contribution in [0.25, 0.3) is 16.8 Å². The molecule has 0 bridgehead atoms. The molecule has 4 N–H and O–H groups in total. The molecule has 0 saturated carbocycles. The van der Waals surface area contributed by atoms with Crippen molar-refractivity contribution >= 4 is 28.7 Å². The second kappa shape index (κ2) is 8.80. The third-order valence-corrected chi connectivity index (χ3v) is 5.20. The molecule has 3 heterocycles. The van der Waals surface area contributed by atoms with E-state index in [1.807, 2.05) is 54.7 Å². The van der Waals surface area contributed by atoms with Crippen LogP contribution in [0.4, 0.5) is 17.3 Å². The first-order valence-electron chi connectivity index (χ1n) is 10.4. The summed E-state index contributed by atoms with van der Waals surface area (Å²) in [5, 5.41) is 10.6. The lowest BCUT2D eigenvalue weighted by atomic mass is 10.1. The Hall–Kier alpha value is -4.72. The van der Waals surface area contributed by atoms with E-state index in [1.165, 1.54) is 0 Å². The van der Waals surface area contributed by atoms with Gasteiger partial charge in [0.1, 0.15) is 5.69 Å². The van der Waals surface area contributed by atoms with Gasteiger partial charge in [-0.1, -0.05) is 24.3 Å². The highest BCUT2D eigenvalue weighted by Gasteiger charge is 2.11. The van der Waals surface area contributed by atoms with Crippen molar-refractivity contribution in [3.63, 3.8) is 0 Å². The molecule has 0 aliphatic heterocycles. The summed E-state index contributed by atoms with van der Waals surface area (Å²) < 4.78 is 1.79. The minimum atomic E-state index is -0.213. The number of aromatic nitrogens is 4. The molecule has 2 aromatic carbocycles. The fourth-order valence-corrected chi connectivity index (χ4v) is 3.49. The summed E-state index contributed by atoms with van der Waals surface area (Å²) in [4.78, 5) is 21.4. The van der Waals surface area contributed by atoms with E-state index in [9.17, 15) is 4.79 Å². The van der Waals surface area contributed by atoms with Crippen LogP contribution in [0, 0.1) is 0 Å². The monoisotopic (exact) mass is 435 g/mol. The molecule has 5 aromatic rings. The molecule has 0 atom stereocenters. The summed E-state index contributed by atoms with van der Waals surface area (Å²) in [6.45, 7) is 0.507. The number of nitrogens with zero attached hydrogens (tertiary/aromatic N) is 4. The van der Waals surface area contributed by atoms with Gasteiger partial charge in [0.15, 0.2) is 0 Å². The average molecular weight is 435 g/mol. The second-order valence-electron chi connectivity index (χ2n) is 7.46. The van der Waals surface area contributed by atoms with Gasteiger partial charge >= 0.3 is 0 Å². The first-order valence-corrected chi connectivity index (χ1v) is 10.4. The van der Waals surface area contributed by atoms with Crippen LogP contribution >= 0.6 is 0 Å². The third kappa shape index (κ3) is 4.35. The molecule has 0 spiro atoms. The van der Waals surface area contributed by atoms with E-state index < -0.39 is 0 Å². The second-order valence-corrected chi connectivity index (χ2v) is 7.46. The molecule has 3 aromatic heterocycles. The highest BCUT2D eigenvalue weighted by molar-refractivity contribution is 6.05. The van der Waals surface area contributed by atoms with E-state index in [0.29, 0.717) is 29.4 Å². The number of rotatable bonds is 6. The predicted octanol–water partition coefficient (Wildman–Crippen LogP) is 4.24. The number of pyridine rings is 1. The Morgan fingerprint density at radius 2 is 1.82 bits per heavy atom. The van der Waals surface area contributed by atoms with Crippen LogP contribution in [0.5, 0.6) is 0 Å². The lowest BCUT2D eigenvalue weighted by molar-refractivity contribution is 0.102. The van der Waals surface area contributed by atoms with Crippen molar-refractivity contribution in [2.24, 2.45) is 0 Å². The maximum Gasteiger partial charge on any atom is 0.255 e. The highest BCUT2D eigenvalue weighted by Crippen LogP contribution is 2.23. The molecule has 0 unspecified atom stereocenters. The van der Waals surface area contributed by atoms with E-state index in [4.69, 9.17) is 10.7 Å². The van der Waals surface area contributed by atoms with E-state index >= 15 is 0 Å². The molecular formula is C25H21N7O. The van der Waals surface area contributed by atoms with Crippen LogP contribution in [0.15, 0.2) is 91.4 Å². The van der Waals surface area contributed by atoms with Crippen molar-refractivity contribution in [3.05, 3.63) is 103 Å². The summed E-state index contributed by atoms with van der Waals surface area (Å²) >= 11 is 0. The molecular weight excluding hydrogens is 414 g/mol. The first-order chi connectivity index (χ1) is 16.2. The number of nitrogens with one attached hydrogen (secondary N) is 2. The summed E-state index contributed by atoms with van der Waals surface area (Å²) in [6.07, 6.45) is 5.40. The van der Waals surface area contributed by atoms with Gasteiger partial charge in [-0.05, 0) is 54.1 Å². The average Bonchev–Trinajstić information content (AvgIpc) is 3.33. The van der Waals surface area contributed by atoms with Gasteiger partial charge in [-0.3, -0.25) is 9.78 Å². The standard InChI is InChI=1S/C25H21N7O/c26-20-6-1-2-7-21(20)29-24(33)18-11-9-17(10-12-18)15-28-25-30-23(19-5-3-13-27-16-19)22-8-4-14-32(22)31-25/h1-14,16H,15,26H2,(H,28,31)(H,29,33). The number of nitrogen functional groups attached to an aromatic ring is 1. The van der Waals surface area contributed by atoms with Gasteiger partial charge in [0.2, 0.25) is 5.95 Å². The molecule has 0 fully saturated rings. The quantitative estimate of drug-likeness (QED) is 0.344. The summed E-state index contributed by atoms with van der Waals surface area (Å²) in [5.41, 5.74) is 11.2. The molecule has 5 rings (SSSR count). The number of nitrogens with two attached hydrogens (primary N) is 1. The number of carbonyl (C=O) groups is 1. The van der Waals surface area contributed by atoms with Gasteiger partial charge in [-0.25, -0.2) is 9.50 Å². The van der Waals surface area contributed by atoms with E-state index in [2.05, 4.69) is 20.7 Å². The minimum Gasteiger partial charge on any atom is -0.397 e. The lowest BCUT2D eigenvalue weighted by Gasteiger charge is -2.10. The molecule has 0 aliphatic carbocycles. The fraction of sp³-hybridized carbons (Fsp3) is 0.0400. The topological polar surface area (TPSA) is 110 Å². The van der Waals surface area contributed by atoms with Crippen LogP contribution in [0.1, 0.15) is 15.9 Å². The largest absolute Gasteiger partial charge is 0.397 e. The van der Waals surface area contributed by atoms with Crippen molar-refractivity contribution in [1.82, 2.24) is 19.6 Å². The lowest BCUT2D eigenvalue weighted by Crippen LogP contribution is -2.13. The van der Waals surface area contributed by atoms with Crippen molar-refractivity contribution in [3.8, 4) is 11.3 Å². The molecule has 0 radical (unpaired) electrons. The number of hydrogen-bond donors (Lipinski definition) is 3. The molecule has 162 valence electrons. The number of amides is 1. The maximum atomic E-state index is 12.5. The number of anilines is 3. The molecule has 0 aliphatic rings. The number of hydrogen-bond acceptors (Lipinski definition) is 6. The Balaban J connectivity index is 1.30. The number of benzene rings is 2. The Bertz CT molecular complexity index is 1410. The summed E-state index contributed by atoms with van der Waals surface area (Å²) in [7, 11) is 0. The Kier molecular flexibility index (Phi) is 5.38. The number of para-hydroxylation sites is 2. The van der Waals surface area contributed by atoms with Gasteiger partial charge in [0.05, 0.1) is 16.9 Å². The van der Waals surface area contributed by atoms with Gasteiger partial charge < -0.3 is 16.4 Å². The van der Waals surface area contributed by atoms with Gasteiger partial charge in [0, 0.05) is 36.3 Å². The Morgan fingerprint density at radius 3 is 2.61 bits per heavy atom. The molecule has 0 saturated heterocycles. The zero-order valence-corrected chi connectivity index (χ0v) is 17.6. The molecule has 8 heteroatoms. The van der Waals surface area contributed by atoms with Crippen LogP contribution < -0.4 is 16.4 Å². The van der Waals surface area contributed by atoms with Crippen molar-refractivity contribution in [2.45, 2.75) is 6.54 Å². The van der Waals surface area contributed by atoms with E-state index in [0.717, 1.165) is 22.3 Å². The van der Waals surface area contributed by atoms with Crippen LogP contribution in [0.3, 0.4) is 0 Å². The highest BCUT2D eigenvalue weighted by atomic mass is 16.1. The van der Waals surface area contributed by atoms with Gasteiger partial charge in [0.25, 0.3) is 5.91 Å². The first kappa shape index (κ1) is 20.2. The van der Waals surface area contributed by atoms with Gasteiger partial charge in [-0.2, -0.15) is 0 Å². The fourth-order valence-electron chi connectivity index (χ4n) is 3.49. The number of carbonyl (C=O) groups excluding carboxylic acids is 1. The van der Waals surface area contributed by atoms with Crippen molar-refractivity contribution in [1.29, 1.82) is 0 Å². The third-order valence-electron chi connectivity index (χ3n) is 5.20. The molecule has 33 heavy (non-hydrogen) atoms. The Labute approximate surface area is 190 Å². The predicted molar refractivity (Wildman–Crippen MR) is 129 cm³/mol. The smallest absolute Gasteiger partial charge is 0.255 e. The van der Waals surface area contributed by atoms with Crippen molar-refractivity contribution < 1.29 is 4.79 Å².